The Bertz CT molecular complexity index is 1360. The highest BCUT2D eigenvalue weighted by Gasteiger charge is 2.31. The summed E-state index contributed by atoms with van der Waals surface area (Å²) in [7, 11) is 0. The van der Waals surface area contributed by atoms with Crippen LogP contribution in [0.15, 0.2) is 39.7 Å². The van der Waals surface area contributed by atoms with Crippen LogP contribution in [0, 0.1) is 5.82 Å². The number of ether oxygens (including phenoxy) is 1. The molecule has 10 nitrogen and oxygen atoms in total. The Morgan fingerprint density at radius 1 is 1.28 bits per heavy atom. The van der Waals surface area contributed by atoms with E-state index in [1.807, 2.05) is 5.43 Å². The number of likely N-dealkylation sites (tertiary alicyclic amines) is 1. The fourth-order valence-corrected chi connectivity index (χ4v) is 4.66. The van der Waals surface area contributed by atoms with Gasteiger partial charge < -0.3 is 9.64 Å². The predicted molar refractivity (Wildman–Crippen MR) is 135 cm³/mol. The average Bonchev–Trinajstić information content (AvgIpc) is 3.08. The topological polar surface area (TPSA) is 124 Å². The third-order valence-electron chi connectivity index (χ3n) is 5.96. The molecule has 36 heavy (non-hydrogen) atoms. The molecule has 2 amide bonds. The van der Waals surface area contributed by atoms with Crippen molar-refractivity contribution < 1.29 is 18.7 Å². The van der Waals surface area contributed by atoms with Crippen molar-refractivity contribution in [3.05, 3.63) is 62.5 Å². The first-order valence-electron chi connectivity index (χ1n) is 11.5. The zero-order valence-electron chi connectivity index (χ0n) is 20.3. The summed E-state index contributed by atoms with van der Waals surface area (Å²) in [6.45, 7) is 6.31. The van der Waals surface area contributed by atoms with E-state index in [4.69, 9.17) is 10.6 Å². The number of piperidine rings is 1. The second-order valence-corrected chi connectivity index (χ2v) is 10.6. The van der Waals surface area contributed by atoms with Crippen LogP contribution in [0.3, 0.4) is 0 Å². The molecule has 2 aromatic heterocycles. The third-order valence-corrected chi connectivity index (χ3v) is 6.56. The van der Waals surface area contributed by atoms with Gasteiger partial charge in [-0.25, -0.2) is 19.8 Å². The van der Waals surface area contributed by atoms with Crippen LogP contribution < -0.4 is 17.0 Å². The van der Waals surface area contributed by atoms with Crippen molar-refractivity contribution in [1.29, 1.82) is 0 Å². The maximum absolute atomic E-state index is 14.5. The Hall–Kier alpha value is -3.25. The maximum Gasteiger partial charge on any atom is 0.410 e. The van der Waals surface area contributed by atoms with E-state index in [0.717, 1.165) is 0 Å². The summed E-state index contributed by atoms with van der Waals surface area (Å²) in [5, 5.41) is 0. The monoisotopic (exact) mass is 562 g/mol. The lowest BCUT2D eigenvalue weighted by molar-refractivity contribution is 0.0172. The highest BCUT2D eigenvalue weighted by Crippen LogP contribution is 2.29. The summed E-state index contributed by atoms with van der Waals surface area (Å²) in [5.74, 6) is 4.17. The molecule has 12 heteroatoms. The largest absolute Gasteiger partial charge is 0.444 e. The number of nitrogens with two attached hydrogens (primary N) is 1. The summed E-state index contributed by atoms with van der Waals surface area (Å²) >= 11 is 3.23. The van der Waals surface area contributed by atoms with Gasteiger partial charge in [0.2, 0.25) is 0 Å². The molecule has 4 rings (SSSR count). The first-order valence-corrected chi connectivity index (χ1v) is 12.3. The van der Waals surface area contributed by atoms with Crippen molar-refractivity contribution >= 4 is 39.0 Å². The predicted octanol–water partition coefficient (Wildman–Crippen LogP) is 3.32. The molecule has 0 saturated carbocycles. The number of imidazole rings is 1. The van der Waals surface area contributed by atoms with Crippen LogP contribution in [0.2, 0.25) is 0 Å². The van der Waals surface area contributed by atoms with E-state index in [9.17, 15) is 18.8 Å². The Morgan fingerprint density at radius 3 is 2.67 bits per heavy atom. The van der Waals surface area contributed by atoms with Crippen molar-refractivity contribution in [2.75, 3.05) is 13.1 Å². The molecule has 3 N–H and O–H groups in total. The van der Waals surface area contributed by atoms with Crippen molar-refractivity contribution in [3.63, 3.8) is 0 Å². The Kier molecular flexibility index (Phi) is 7.19. The molecule has 192 valence electrons. The number of hydrogen-bond donors (Lipinski definition) is 2. The molecule has 1 fully saturated rings. The molecule has 1 unspecified atom stereocenters. The molecule has 0 radical (unpaired) electrons. The van der Waals surface area contributed by atoms with E-state index in [1.165, 1.54) is 16.8 Å². The Morgan fingerprint density at radius 2 is 2.03 bits per heavy atom. The number of halogens is 2. The quantitative estimate of drug-likeness (QED) is 0.285. The van der Waals surface area contributed by atoms with Crippen LogP contribution in [0.25, 0.3) is 11.0 Å². The van der Waals surface area contributed by atoms with E-state index in [0.29, 0.717) is 42.7 Å². The number of carbonyl (C=O) groups excluding carboxylic acids is 2. The van der Waals surface area contributed by atoms with Gasteiger partial charge >= 0.3 is 11.8 Å². The third kappa shape index (κ3) is 5.29. The van der Waals surface area contributed by atoms with E-state index in [2.05, 4.69) is 20.9 Å². The van der Waals surface area contributed by atoms with Gasteiger partial charge in [0.05, 0.1) is 39.4 Å². The zero-order chi connectivity index (χ0) is 26.2. The number of rotatable bonds is 4. The number of nitrogens with one attached hydrogen (secondary N) is 1. The van der Waals surface area contributed by atoms with Crippen LogP contribution in [0.1, 0.15) is 55.7 Å². The van der Waals surface area contributed by atoms with Gasteiger partial charge in [-0.05, 0) is 67.7 Å². The zero-order valence-corrected chi connectivity index (χ0v) is 21.8. The number of carbonyl (C=O) groups is 2. The summed E-state index contributed by atoms with van der Waals surface area (Å²) in [5.41, 5.74) is 2.79. The SMILES string of the molecule is CC(C)(C)OC(=O)N1CCCC(n2c(=O)n(Cc3ccc(C(=O)NN)cn3)c3cc(F)c(Br)cc32)C1. The molecule has 1 aliphatic rings. The van der Waals surface area contributed by atoms with Crippen LogP contribution in [-0.2, 0) is 11.3 Å². The second kappa shape index (κ2) is 10.0. The molecule has 1 aliphatic heterocycles. The number of pyridine rings is 1. The fourth-order valence-electron chi connectivity index (χ4n) is 4.33. The Balaban J connectivity index is 1.72. The van der Waals surface area contributed by atoms with Gasteiger partial charge in [-0.1, -0.05) is 0 Å². The summed E-state index contributed by atoms with van der Waals surface area (Å²) in [6, 6.07) is 5.73. The number of aromatic nitrogens is 3. The molecule has 1 atom stereocenters. The lowest BCUT2D eigenvalue weighted by atomic mass is 10.1. The highest BCUT2D eigenvalue weighted by molar-refractivity contribution is 9.10. The first-order chi connectivity index (χ1) is 17.0. The highest BCUT2D eigenvalue weighted by atomic mass is 79.9. The minimum atomic E-state index is -0.632. The number of nitrogen functional groups attached to an aromatic ring is 1. The molecule has 1 saturated heterocycles. The van der Waals surface area contributed by atoms with Gasteiger partial charge in [0.1, 0.15) is 11.4 Å². The molecular weight excluding hydrogens is 535 g/mol. The number of fused-ring (bicyclic) bond motifs is 1. The molecule has 1 aromatic carbocycles. The van der Waals surface area contributed by atoms with Crippen molar-refractivity contribution in [1.82, 2.24) is 24.4 Å². The van der Waals surface area contributed by atoms with Gasteiger partial charge in [-0.15, -0.1) is 0 Å². The maximum atomic E-state index is 14.5. The second-order valence-electron chi connectivity index (χ2n) is 9.73. The number of benzene rings is 1. The summed E-state index contributed by atoms with van der Waals surface area (Å²) < 4.78 is 23.4. The van der Waals surface area contributed by atoms with Gasteiger partial charge in [0.15, 0.2) is 0 Å². The van der Waals surface area contributed by atoms with Crippen molar-refractivity contribution in [3.8, 4) is 0 Å². The molecule has 0 bridgehead atoms. The molecule has 0 aliphatic carbocycles. The lowest BCUT2D eigenvalue weighted by Gasteiger charge is -2.34. The number of hydrogen-bond acceptors (Lipinski definition) is 6. The van der Waals surface area contributed by atoms with E-state index in [1.54, 1.807) is 48.4 Å². The van der Waals surface area contributed by atoms with E-state index < -0.39 is 23.4 Å². The number of nitrogens with zero attached hydrogens (tertiary/aromatic N) is 4. The summed E-state index contributed by atoms with van der Waals surface area (Å²) in [6.07, 6.45) is 2.30. The standard InChI is InChI=1S/C24H28BrFN6O4/c1-24(2,3)36-23(35)30-8-4-5-16(13-30)32-20-9-17(25)18(26)10-19(20)31(22(32)34)12-15-7-6-14(11-28-15)21(33)29-27/h6-7,9-11,16H,4-5,8,12-13,27H2,1-3H3,(H,29,33). The van der Waals surface area contributed by atoms with Gasteiger partial charge in [-0.3, -0.25) is 24.3 Å². The van der Waals surface area contributed by atoms with Gasteiger partial charge in [0.25, 0.3) is 5.91 Å². The molecule has 3 heterocycles. The van der Waals surface area contributed by atoms with Crippen molar-refractivity contribution in [2.24, 2.45) is 5.84 Å². The fraction of sp³-hybridized carbons (Fsp3) is 0.417. The normalized spacial score (nSPS) is 16.3. The van der Waals surface area contributed by atoms with Gasteiger partial charge in [0, 0.05) is 25.4 Å². The summed E-state index contributed by atoms with van der Waals surface area (Å²) in [4.78, 5) is 43.9. The number of hydrazine groups is 1. The Labute approximate surface area is 215 Å². The molecule has 3 aromatic rings. The van der Waals surface area contributed by atoms with Crippen LogP contribution in [0.5, 0.6) is 0 Å². The number of amides is 2. The molecular formula is C24H28BrFN6O4. The molecule has 0 spiro atoms. The average molecular weight is 563 g/mol. The smallest absolute Gasteiger partial charge is 0.410 e. The first kappa shape index (κ1) is 25.8. The van der Waals surface area contributed by atoms with E-state index >= 15 is 0 Å². The minimum absolute atomic E-state index is 0.0659. The van der Waals surface area contributed by atoms with E-state index in [-0.39, 0.29) is 28.3 Å². The van der Waals surface area contributed by atoms with Crippen LogP contribution >= 0.6 is 15.9 Å². The lowest BCUT2D eigenvalue weighted by Crippen LogP contribution is -2.45. The van der Waals surface area contributed by atoms with Gasteiger partial charge in [-0.2, -0.15) is 0 Å². The van der Waals surface area contributed by atoms with Crippen LogP contribution in [0.4, 0.5) is 9.18 Å². The van der Waals surface area contributed by atoms with Crippen molar-refractivity contribution in [2.45, 2.75) is 51.8 Å². The van der Waals surface area contributed by atoms with Crippen LogP contribution in [-0.4, -0.2) is 49.7 Å². The minimum Gasteiger partial charge on any atom is -0.444 e.